The molecule has 16 heavy (non-hydrogen) atoms. The monoisotopic (exact) mass is 268 g/mol. The summed E-state index contributed by atoms with van der Waals surface area (Å²) in [5, 5.41) is 21.5. The predicted molar refractivity (Wildman–Crippen MR) is 52.2 cm³/mol. The van der Waals surface area contributed by atoms with Gasteiger partial charge in [-0.1, -0.05) is 0 Å². The van der Waals surface area contributed by atoms with Crippen LogP contribution in [0.1, 0.15) is 0 Å². The van der Waals surface area contributed by atoms with Crippen molar-refractivity contribution in [2.24, 2.45) is 0 Å². The normalized spacial score (nSPS) is 23.7. The molecule has 0 saturated carbocycles. The van der Waals surface area contributed by atoms with Crippen LogP contribution in [0.2, 0.25) is 0 Å². The van der Waals surface area contributed by atoms with Crippen molar-refractivity contribution < 1.29 is 28.2 Å². The minimum atomic E-state index is -2.85. The third kappa shape index (κ3) is 7.59. The SMILES string of the molecule is CN1CCN([C](F)(F)[K])C(F)C1.OB(O)O. The van der Waals surface area contributed by atoms with Gasteiger partial charge in [0.1, 0.15) is 0 Å². The molecule has 0 aromatic carbocycles. The van der Waals surface area contributed by atoms with E-state index in [-0.39, 0.29) is 13.1 Å². The number of rotatable bonds is 1. The molecule has 0 aliphatic carbocycles. The molecule has 3 N–H and O–H groups in total. The van der Waals surface area contributed by atoms with Crippen LogP contribution in [0.5, 0.6) is 0 Å². The third-order valence-corrected chi connectivity index (χ3v) is 2.92. The summed E-state index contributed by atoms with van der Waals surface area (Å²) in [7, 11) is -0.431. The summed E-state index contributed by atoms with van der Waals surface area (Å²) >= 11 is -0.680. The van der Waals surface area contributed by atoms with Crippen LogP contribution in [0.3, 0.4) is 0 Å². The van der Waals surface area contributed by atoms with E-state index in [1.165, 1.54) is 0 Å². The van der Waals surface area contributed by atoms with Gasteiger partial charge in [0.25, 0.3) is 0 Å². The number of hydrogen-bond acceptors (Lipinski definition) is 5. The van der Waals surface area contributed by atoms with Crippen molar-refractivity contribution in [3.63, 3.8) is 0 Å². The third-order valence-electron chi connectivity index (χ3n) is 2.03. The van der Waals surface area contributed by atoms with Crippen molar-refractivity contribution in [1.29, 1.82) is 0 Å². The van der Waals surface area contributed by atoms with Crippen molar-refractivity contribution in [2.45, 2.75) is 6.44 Å². The molecule has 0 spiro atoms. The fourth-order valence-corrected chi connectivity index (χ4v) is 2.09. The Bertz CT molecular complexity index is 207. The maximum atomic E-state index is 13.0. The van der Waals surface area contributed by atoms with Crippen LogP contribution >= 0.6 is 0 Å². The number of piperazine rings is 1. The van der Waals surface area contributed by atoms with Gasteiger partial charge in [-0.2, -0.15) is 0 Å². The zero-order valence-electron chi connectivity index (χ0n) is 9.15. The first-order valence-corrected chi connectivity index (χ1v) is 6.22. The van der Waals surface area contributed by atoms with Gasteiger partial charge in [0.2, 0.25) is 0 Å². The van der Waals surface area contributed by atoms with Crippen LogP contribution in [0.25, 0.3) is 0 Å². The van der Waals surface area contributed by atoms with Crippen LogP contribution in [-0.2, 0) is 0 Å². The van der Waals surface area contributed by atoms with Crippen LogP contribution in [-0.4, -0.2) is 114 Å². The number of alkyl halides is 3. The largest absolute Gasteiger partial charge is 0.631 e. The molecule has 90 valence electrons. The van der Waals surface area contributed by atoms with E-state index in [0.717, 1.165) is 0 Å². The molecule has 0 radical (unpaired) electrons. The number of likely N-dealkylation sites (N-methyl/N-ethyl adjacent to an activating group) is 1. The summed E-state index contributed by atoms with van der Waals surface area (Å²) in [4.78, 5) is 2.40. The topological polar surface area (TPSA) is 67.2 Å². The van der Waals surface area contributed by atoms with Gasteiger partial charge < -0.3 is 15.1 Å². The van der Waals surface area contributed by atoms with E-state index in [0.29, 0.717) is 11.4 Å². The molecule has 0 aromatic rings. The van der Waals surface area contributed by atoms with Gasteiger partial charge in [0.05, 0.1) is 0 Å². The van der Waals surface area contributed by atoms with E-state index in [2.05, 4.69) is 0 Å². The second-order valence-electron chi connectivity index (χ2n) is 3.58. The number of nitrogens with zero attached hydrogens (tertiary/aromatic N) is 2. The molecule has 1 aliphatic rings. The van der Waals surface area contributed by atoms with Crippen molar-refractivity contribution >= 4 is 56.3 Å². The average molecular weight is 268 g/mol. The van der Waals surface area contributed by atoms with Gasteiger partial charge in [0.15, 0.2) is 0 Å². The fourth-order valence-electron chi connectivity index (χ4n) is 1.31. The molecular weight excluding hydrogens is 255 g/mol. The van der Waals surface area contributed by atoms with Crippen LogP contribution in [0.15, 0.2) is 0 Å². The molecule has 0 bridgehead atoms. The Morgan fingerprint density at radius 2 is 1.75 bits per heavy atom. The van der Waals surface area contributed by atoms with E-state index < -0.39 is 62.7 Å². The minimum Gasteiger partial charge on any atom is -0.402 e. The van der Waals surface area contributed by atoms with E-state index in [4.69, 9.17) is 15.1 Å². The van der Waals surface area contributed by atoms with Gasteiger partial charge in [-0.25, -0.2) is 0 Å². The summed E-state index contributed by atoms with van der Waals surface area (Å²) in [6.07, 6.45) is -1.51. The fraction of sp³-hybridized carbons (Fsp3) is 1.00. The summed E-state index contributed by atoms with van der Waals surface area (Å²) in [6.45, 7) is 0.740. The van der Waals surface area contributed by atoms with E-state index in [9.17, 15) is 13.2 Å². The minimum absolute atomic E-state index is 0.0890. The summed E-state index contributed by atoms with van der Waals surface area (Å²) in [5.74, 6) is 0. The summed E-state index contributed by atoms with van der Waals surface area (Å²) < 4.78 is 35.6. The Hall–Kier alpha value is 1.29. The molecule has 1 saturated heterocycles. The first-order valence-electron chi connectivity index (χ1n) is 4.66. The molecule has 1 unspecified atom stereocenters. The molecule has 1 heterocycles. The second-order valence-corrected chi connectivity index (χ2v) is 5.46. The van der Waals surface area contributed by atoms with E-state index in [1.807, 2.05) is 0 Å². The first kappa shape index (κ1) is 17.3. The molecule has 5 nitrogen and oxygen atoms in total. The standard InChI is InChI=1S/C6H10F3N2.BH3O3.K/c1-10-2-3-11(6(8)9)5(7)4-10;2-1(3)4;/h5H,2-4H2,1H3;2-4H;. The Labute approximate surface area is 126 Å². The Morgan fingerprint density at radius 3 is 2.06 bits per heavy atom. The average Bonchev–Trinajstić information content (AvgIpc) is 1.99. The number of hydrogen-bond donors (Lipinski definition) is 3. The quantitative estimate of drug-likeness (QED) is 0.386. The number of halogens is 3. The molecule has 1 atom stereocenters. The van der Waals surface area contributed by atoms with Gasteiger partial charge in [-0.15, -0.1) is 0 Å². The van der Waals surface area contributed by atoms with Crippen molar-refractivity contribution in [2.75, 3.05) is 26.7 Å². The van der Waals surface area contributed by atoms with Crippen molar-refractivity contribution in [3.8, 4) is 0 Å². The summed E-state index contributed by atoms with van der Waals surface area (Å²) in [5.41, 5.74) is 0. The van der Waals surface area contributed by atoms with Crippen LogP contribution in [0, 0.1) is 0 Å². The first-order chi connectivity index (χ1) is 7.14. The zero-order chi connectivity index (χ0) is 12.9. The molecule has 0 aromatic heterocycles. The van der Waals surface area contributed by atoms with Crippen LogP contribution in [0.4, 0.5) is 13.2 Å². The molecule has 1 aliphatic heterocycles. The molecule has 10 heteroatoms. The van der Waals surface area contributed by atoms with Gasteiger partial charge in [-0.3, -0.25) is 0 Å². The van der Waals surface area contributed by atoms with Gasteiger partial charge in [-0.05, 0) is 0 Å². The zero-order valence-corrected chi connectivity index (χ0v) is 12.3. The second kappa shape index (κ2) is 7.67. The Morgan fingerprint density at radius 1 is 1.31 bits per heavy atom. The molecule has 1 fully saturated rings. The van der Waals surface area contributed by atoms with Gasteiger partial charge >= 0.3 is 112 Å². The maximum Gasteiger partial charge on any atom is 0.631 e. The van der Waals surface area contributed by atoms with E-state index in [1.54, 1.807) is 11.9 Å². The Kier molecular flexibility index (Phi) is 8.28. The van der Waals surface area contributed by atoms with Crippen molar-refractivity contribution in [1.82, 2.24) is 9.80 Å². The molecule has 1 rings (SSSR count). The Balaban J connectivity index is 0.000000487. The van der Waals surface area contributed by atoms with Crippen molar-refractivity contribution in [3.05, 3.63) is 0 Å². The smallest absolute Gasteiger partial charge is 0.402 e. The molecular formula is C6H13BF3KN2O3. The molecule has 0 amide bonds. The van der Waals surface area contributed by atoms with Gasteiger partial charge in [0, 0.05) is 0 Å². The summed E-state index contributed by atoms with van der Waals surface area (Å²) in [6, 6.07) is 0. The predicted octanol–water partition coefficient (Wildman–Crippen LogP) is -1.80. The van der Waals surface area contributed by atoms with E-state index >= 15 is 0 Å². The maximum absolute atomic E-state index is 13.0. The van der Waals surface area contributed by atoms with Crippen LogP contribution < -0.4 is 0 Å².